The Kier molecular flexibility index (Phi) is 7.00. The molecule has 1 fully saturated rings. The number of β-amino-alcohol motifs (C(OH)–C–C–N with tert-alkyl or cyclic N) is 1. The summed E-state index contributed by atoms with van der Waals surface area (Å²) < 4.78 is 7.38. The van der Waals surface area contributed by atoms with Gasteiger partial charge in [-0.2, -0.15) is 0 Å². The first-order valence-corrected chi connectivity index (χ1v) is 7.49. The molecule has 1 unspecified atom stereocenters. The Balaban J connectivity index is 1.43. The molecule has 1 atom stereocenters. The number of rotatable bonds is 9. The first kappa shape index (κ1) is 15.4. The van der Waals surface area contributed by atoms with Crippen molar-refractivity contribution in [2.24, 2.45) is 0 Å². The highest BCUT2D eigenvalue weighted by atomic mass is 16.5. The molecule has 0 spiro atoms. The summed E-state index contributed by atoms with van der Waals surface area (Å²) in [6.45, 7) is 6.81. The van der Waals surface area contributed by atoms with Crippen LogP contribution in [-0.2, 0) is 11.3 Å². The Morgan fingerprint density at radius 3 is 2.90 bits per heavy atom. The normalized spacial score (nSPS) is 18.2. The van der Waals surface area contributed by atoms with Crippen LogP contribution in [0.15, 0.2) is 18.7 Å². The zero-order valence-electron chi connectivity index (χ0n) is 12.1. The number of ether oxygens (including phenoxy) is 1. The van der Waals surface area contributed by atoms with E-state index < -0.39 is 0 Å². The number of nitrogens with one attached hydrogen (secondary N) is 1. The Morgan fingerprint density at radius 1 is 1.30 bits per heavy atom. The highest BCUT2D eigenvalue weighted by molar-refractivity contribution is 4.74. The fraction of sp³-hybridized carbons (Fsp3) is 0.786. The van der Waals surface area contributed by atoms with Gasteiger partial charge in [-0.05, 0) is 19.4 Å². The van der Waals surface area contributed by atoms with Crippen molar-refractivity contribution < 1.29 is 9.84 Å². The lowest BCUT2D eigenvalue weighted by Crippen LogP contribution is -2.43. The van der Waals surface area contributed by atoms with Crippen LogP contribution in [0.3, 0.4) is 0 Å². The maximum Gasteiger partial charge on any atom is 0.0945 e. The highest BCUT2D eigenvalue weighted by Crippen LogP contribution is 1.98. The van der Waals surface area contributed by atoms with E-state index in [-0.39, 0.29) is 6.10 Å². The average Bonchev–Trinajstić information content (AvgIpc) is 2.97. The SMILES string of the molecule is OC(CNCCCCn1ccnc1)CN1CCOCC1. The van der Waals surface area contributed by atoms with Crippen LogP contribution in [0.4, 0.5) is 0 Å². The lowest BCUT2D eigenvalue weighted by molar-refractivity contribution is 0.0149. The third-order valence-corrected chi connectivity index (χ3v) is 3.53. The van der Waals surface area contributed by atoms with Gasteiger partial charge in [-0.1, -0.05) is 0 Å². The smallest absolute Gasteiger partial charge is 0.0945 e. The van der Waals surface area contributed by atoms with E-state index in [2.05, 4.69) is 19.8 Å². The zero-order valence-corrected chi connectivity index (χ0v) is 12.1. The van der Waals surface area contributed by atoms with E-state index in [0.717, 1.165) is 58.8 Å². The standard InChI is InChI=1S/C14H26N4O2/c19-14(12-17-7-9-20-10-8-17)11-15-3-1-2-5-18-6-4-16-13-18/h4,6,13-15,19H,1-3,5,7-12H2. The summed E-state index contributed by atoms with van der Waals surface area (Å²) in [5.41, 5.74) is 0. The second kappa shape index (κ2) is 9.07. The summed E-state index contributed by atoms with van der Waals surface area (Å²) in [7, 11) is 0. The van der Waals surface area contributed by atoms with Crippen molar-refractivity contribution in [1.82, 2.24) is 19.8 Å². The minimum atomic E-state index is -0.290. The molecule has 0 saturated carbocycles. The van der Waals surface area contributed by atoms with Gasteiger partial charge in [-0.15, -0.1) is 0 Å². The number of hydrogen-bond acceptors (Lipinski definition) is 5. The van der Waals surface area contributed by atoms with Crippen LogP contribution in [0.1, 0.15) is 12.8 Å². The van der Waals surface area contributed by atoms with Crippen LogP contribution in [-0.4, -0.2) is 71.6 Å². The van der Waals surface area contributed by atoms with E-state index in [0.29, 0.717) is 6.54 Å². The van der Waals surface area contributed by atoms with Crippen molar-refractivity contribution >= 4 is 0 Å². The molecule has 0 bridgehead atoms. The van der Waals surface area contributed by atoms with Gasteiger partial charge in [0.2, 0.25) is 0 Å². The van der Waals surface area contributed by atoms with Gasteiger partial charge in [0.05, 0.1) is 25.6 Å². The molecule has 2 rings (SSSR count). The van der Waals surface area contributed by atoms with Crippen LogP contribution in [0.5, 0.6) is 0 Å². The Bertz CT molecular complexity index is 339. The second-order valence-corrected chi connectivity index (χ2v) is 5.28. The van der Waals surface area contributed by atoms with Crippen molar-refractivity contribution in [3.63, 3.8) is 0 Å². The molecule has 1 saturated heterocycles. The molecule has 114 valence electrons. The fourth-order valence-electron chi connectivity index (χ4n) is 2.38. The zero-order chi connectivity index (χ0) is 14.0. The van der Waals surface area contributed by atoms with Crippen LogP contribution < -0.4 is 5.32 Å². The summed E-state index contributed by atoms with van der Waals surface area (Å²) in [5, 5.41) is 13.3. The van der Waals surface area contributed by atoms with E-state index >= 15 is 0 Å². The average molecular weight is 282 g/mol. The number of nitrogens with zero attached hydrogens (tertiary/aromatic N) is 3. The number of aryl methyl sites for hydroxylation is 1. The maximum absolute atomic E-state index is 9.95. The van der Waals surface area contributed by atoms with Gasteiger partial charge in [0.25, 0.3) is 0 Å². The van der Waals surface area contributed by atoms with Gasteiger partial charge in [-0.25, -0.2) is 4.98 Å². The van der Waals surface area contributed by atoms with E-state index in [4.69, 9.17) is 4.74 Å². The predicted octanol–water partition coefficient (Wildman–Crippen LogP) is -0.0540. The lowest BCUT2D eigenvalue weighted by atomic mass is 10.2. The first-order chi connectivity index (χ1) is 9.84. The number of hydrogen-bond donors (Lipinski definition) is 2. The topological polar surface area (TPSA) is 62.5 Å². The Hall–Kier alpha value is -0.950. The molecule has 1 aromatic rings. The van der Waals surface area contributed by atoms with Crippen molar-refractivity contribution in [3.05, 3.63) is 18.7 Å². The molecule has 1 aliphatic heterocycles. The largest absolute Gasteiger partial charge is 0.390 e. The molecule has 0 aliphatic carbocycles. The van der Waals surface area contributed by atoms with Crippen molar-refractivity contribution in [3.8, 4) is 0 Å². The third-order valence-electron chi connectivity index (χ3n) is 3.53. The van der Waals surface area contributed by atoms with Crippen molar-refractivity contribution in [1.29, 1.82) is 0 Å². The quantitative estimate of drug-likeness (QED) is 0.622. The first-order valence-electron chi connectivity index (χ1n) is 7.49. The highest BCUT2D eigenvalue weighted by Gasteiger charge is 2.14. The Morgan fingerprint density at radius 2 is 2.15 bits per heavy atom. The molecule has 0 radical (unpaired) electrons. The molecule has 2 heterocycles. The molecule has 1 aromatic heterocycles. The predicted molar refractivity (Wildman–Crippen MR) is 77.6 cm³/mol. The van der Waals surface area contributed by atoms with E-state index in [1.165, 1.54) is 0 Å². The number of aromatic nitrogens is 2. The monoisotopic (exact) mass is 282 g/mol. The van der Waals surface area contributed by atoms with E-state index in [1.54, 1.807) is 6.20 Å². The molecule has 1 aliphatic rings. The lowest BCUT2D eigenvalue weighted by Gasteiger charge is -2.28. The second-order valence-electron chi connectivity index (χ2n) is 5.28. The molecule has 6 nitrogen and oxygen atoms in total. The molecule has 0 aromatic carbocycles. The summed E-state index contributed by atoms with van der Waals surface area (Å²) in [4.78, 5) is 6.28. The van der Waals surface area contributed by atoms with Gasteiger partial charge in [0.1, 0.15) is 0 Å². The van der Waals surface area contributed by atoms with Crippen LogP contribution in [0, 0.1) is 0 Å². The molecular weight excluding hydrogens is 256 g/mol. The van der Waals surface area contributed by atoms with Gasteiger partial charge >= 0.3 is 0 Å². The molecule has 6 heteroatoms. The summed E-state index contributed by atoms with van der Waals surface area (Å²) in [5.74, 6) is 0. The van der Waals surface area contributed by atoms with Crippen LogP contribution in [0.2, 0.25) is 0 Å². The number of unbranched alkanes of at least 4 members (excludes halogenated alkanes) is 1. The molecule has 0 amide bonds. The molecule has 20 heavy (non-hydrogen) atoms. The minimum Gasteiger partial charge on any atom is -0.390 e. The summed E-state index contributed by atoms with van der Waals surface area (Å²) >= 11 is 0. The maximum atomic E-state index is 9.95. The van der Waals surface area contributed by atoms with Gasteiger partial charge in [0.15, 0.2) is 0 Å². The summed E-state index contributed by atoms with van der Waals surface area (Å²) in [6.07, 6.45) is 7.59. The van der Waals surface area contributed by atoms with Crippen molar-refractivity contribution in [2.75, 3.05) is 45.9 Å². The fourth-order valence-corrected chi connectivity index (χ4v) is 2.38. The Labute approximate surface area is 120 Å². The molecular formula is C14H26N4O2. The van der Waals surface area contributed by atoms with Crippen molar-refractivity contribution in [2.45, 2.75) is 25.5 Å². The van der Waals surface area contributed by atoms with Gasteiger partial charge in [0, 0.05) is 45.1 Å². The number of imidazole rings is 1. The van der Waals surface area contributed by atoms with Gasteiger partial charge < -0.3 is 19.7 Å². The molecule has 2 N–H and O–H groups in total. The number of aliphatic hydroxyl groups is 1. The summed E-state index contributed by atoms with van der Waals surface area (Å²) in [6, 6.07) is 0. The van der Waals surface area contributed by atoms with Crippen LogP contribution in [0.25, 0.3) is 0 Å². The third kappa shape index (κ3) is 6.00. The van der Waals surface area contributed by atoms with E-state index in [1.807, 2.05) is 12.5 Å². The van der Waals surface area contributed by atoms with Crippen LogP contribution >= 0.6 is 0 Å². The minimum absolute atomic E-state index is 0.290. The van der Waals surface area contributed by atoms with Gasteiger partial charge in [-0.3, -0.25) is 4.90 Å². The van der Waals surface area contributed by atoms with E-state index in [9.17, 15) is 5.11 Å². The number of aliphatic hydroxyl groups excluding tert-OH is 1. The number of morpholine rings is 1.